The first kappa shape index (κ1) is 9.61. The molecule has 0 amide bonds. The van der Waals surface area contributed by atoms with Crippen LogP contribution in [0.5, 0.6) is 0 Å². The molecule has 1 aliphatic heterocycles. The number of ether oxygens (including phenoxy) is 1. The van der Waals surface area contributed by atoms with E-state index in [-0.39, 0.29) is 0 Å². The minimum atomic E-state index is 0.416. The third kappa shape index (κ3) is 2.52. The maximum atomic E-state index is 5.55. The first-order valence-electron chi connectivity index (χ1n) is 4.96. The molecule has 1 aliphatic rings. The first-order valence-corrected chi connectivity index (χ1v) is 4.96. The van der Waals surface area contributed by atoms with Crippen molar-refractivity contribution >= 4 is 0 Å². The molecule has 14 heavy (non-hydrogen) atoms. The van der Waals surface area contributed by atoms with Gasteiger partial charge in [-0.2, -0.15) is 0 Å². The molecular weight excluding hydrogens is 182 g/mol. The average Bonchev–Trinajstić information content (AvgIpc) is 2.48. The zero-order chi connectivity index (χ0) is 9.80. The topological polar surface area (TPSA) is 60.2 Å². The quantitative estimate of drug-likeness (QED) is 0.688. The van der Waals surface area contributed by atoms with Crippen LogP contribution in [-0.2, 0) is 11.2 Å². The van der Waals surface area contributed by atoms with Crippen LogP contribution in [0.2, 0.25) is 0 Å². The smallest absolute Gasteiger partial charge is 0.216 e. The third-order valence-corrected chi connectivity index (χ3v) is 2.20. The summed E-state index contributed by atoms with van der Waals surface area (Å²) in [4.78, 5) is 0. The van der Waals surface area contributed by atoms with Gasteiger partial charge in [0.15, 0.2) is 0 Å². The molecule has 78 valence electrons. The molecule has 0 aliphatic carbocycles. The Kier molecular flexibility index (Phi) is 3.10. The second kappa shape index (κ2) is 4.52. The Balaban J connectivity index is 1.58. The van der Waals surface area contributed by atoms with Gasteiger partial charge < -0.3 is 14.5 Å². The lowest BCUT2D eigenvalue weighted by atomic mass is 10.2. The molecule has 1 N–H and O–H groups in total. The van der Waals surface area contributed by atoms with Crippen molar-refractivity contribution in [1.29, 1.82) is 0 Å². The molecule has 0 saturated carbocycles. The Morgan fingerprint density at radius 3 is 2.93 bits per heavy atom. The van der Waals surface area contributed by atoms with Gasteiger partial charge in [0, 0.05) is 33.0 Å². The van der Waals surface area contributed by atoms with Crippen molar-refractivity contribution in [1.82, 2.24) is 15.5 Å². The molecule has 5 heteroatoms. The van der Waals surface area contributed by atoms with Crippen molar-refractivity contribution in [2.45, 2.75) is 25.9 Å². The van der Waals surface area contributed by atoms with E-state index in [0.29, 0.717) is 17.9 Å². The van der Waals surface area contributed by atoms with E-state index in [1.807, 2.05) is 0 Å². The highest BCUT2D eigenvalue weighted by Crippen LogP contribution is 2.03. The van der Waals surface area contributed by atoms with Gasteiger partial charge in [-0.15, -0.1) is 10.2 Å². The fourth-order valence-corrected chi connectivity index (χ4v) is 1.29. The summed E-state index contributed by atoms with van der Waals surface area (Å²) in [6.45, 7) is 4.54. The summed E-state index contributed by atoms with van der Waals surface area (Å²) in [5, 5.41) is 10.8. The molecule has 0 radical (unpaired) electrons. The zero-order valence-electron chi connectivity index (χ0n) is 8.32. The van der Waals surface area contributed by atoms with E-state index in [1.54, 1.807) is 6.92 Å². The standard InChI is InChI=1S/C9H15N3O2/c1-7-11-12-9(14-7)3-2-4-13-8-5-10-6-8/h8,10H,2-6H2,1H3. The summed E-state index contributed by atoms with van der Waals surface area (Å²) in [6, 6.07) is 0. The zero-order valence-corrected chi connectivity index (χ0v) is 8.32. The van der Waals surface area contributed by atoms with Crippen molar-refractivity contribution < 1.29 is 9.15 Å². The molecule has 0 spiro atoms. The maximum absolute atomic E-state index is 5.55. The Hall–Kier alpha value is -0.940. The molecule has 1 saturated heterocycles. The predicted molar refractivity (Wildman–Crippen MR) is 50.0 cm³/mol. The number of aryl methyl sites for hydroxylation is 2. The summed E-state index contributed by atoms with van der Waals surface area (Å²) in [5.74, 6) is 1.34. The van der Waals surface area contributed by atoms with E-state index in [1.165, 1.54) is 0 Å². The van der Waals surface area contributed by atoms with Gasteiger partial charge in [-0.3, -0.25) is 0 Å². The van der Waals surface area contributed by atoms with Crippen LogP contribution in [0, 0.1) is 6.92 Å². The number of hydrogen-bond donors (Lipinski definition) is 1. The van der Waals surface area contributed by atoms with Crippen LogP contribution in [0.4, 0.5) is 0 Å². The van der Waals surface area contributed by atoms with E-state index in [4.69, 9.17) is 9.15 Å². The van der Waals surface area contributed by atoms with Crippen molar-refractivity contribution in [3.63, 3.8) is 0 Å². The highest BCUT2D eigenvalue weighted by Gasteiger charge is 2.16. The van der Waals surface area contributed by atoms with Crippen LogP contribution in [0.1, 0.15) is 18.2 Å². The molecule has 0 aromatic carbocycles. The van der Waals surface area contributed by atoms with Crippen LogP contribution in [0.15, 0.2) is 4.42 Å². The number of nitrogens with zero attached hydrogens (tertiary/aromatic N) is 2. The lowest BCUT2D eigenvalue weighted by Crippen LogP contribution is -2.48. The van der Waals surface area contributed by atoms with Crippen molar-refractivity contribution in [3.8, 4) is 0 Å². The maximum Gasteiger partial charge on any atom is 0.216 e. The van der Waals surface area contributed by atoms with Crippen LogP contribution in [0.3, 0.4) is 0 Å². The number of aromatic nitrogens is 2. The van der Waals surface area contributed by atoms with E-state index in [0.717, 1.165) is 32.5 Å². The highest BCUT2D eigenvalue weighted by molar-refractivity contribution is 4.79. The van der Waals surface area contributed by atoms with Crippen molar-refractivity contribution in [2.75, 3.05) is 19.7 Å². The Labute approximate surface area is 82.8 Å². The van der Waals surface area contributed by atoms with Crippen LogP contribution in [0.25, 0.3) is 0 Å². The number of nitrogens with one attached hydrogen (secondary N) is 1. The van der Waals surface area contributed by atoms with Crippen LogP contribution in [-0.4, -0.2) is 36.0 Å². The first-order chi connectivity index (χ1) is 6.84. The molecule has 2 rings (SSSR count). The molecule has 0 atom stereocenters. The second-order valence-electron chi connectivity index (χ2n) is 3.47. The highest BCUT2D eigenvalue weighted by atomic mass is 16.5. The molecule has 0 bridgehead atoms. The monoisotopic (exact) mass is 197 g/mol. The molecular formula is C9H15N3O2. The summed E-state index contributed by atoms with van der Waals surface area (Å²) in [5.41, 5.74) is 0. The molecule has 1 aromatic heterocycles. The minimum absolute atomic E-state index is 0.416. The van der Waals surface area contributed by atoms with Gasteiger partial charge in [-0.05, 0) is 6.42 Å². The number of rotatable bonds is 5. The van der Waals surface area contributed by atoms with Gasteiger partial charge in [0.2, 0.25) is 11.8 Å². The Morgan fingerprint density at radius 2 is 2.36 bits per heavy atom. The van der Waals surface area contributed by atoms with Gasteiger partial charge in [0.05, 0.1) is 6.10 Å². The number of hydrogen-bond acceptors (Lipinski definition) is 5. The third-order valence-electron chi connectivity index (χ3n) is 2.20. The van der Waals surface area contributed by atoms with Crippen LogP contribution < -0.4 is 5.32 Å². The summed E-state index contributed by atoms with van der Waals surface area (Å²) >= 11 is 0. The molecule has 2 heterocycles. The fourth-order valence-electron chi connectivity index (χ4n) is 1.29. The lowest BCUT2D eigenvalue weighted by molar-refractivity contribution is 0.0174. The molecule has 0 unspecified atom stereocenters. The molecule has 5 nitrogen and oxygen atoms in total. The SMILES string of the molecule is Cc1nnc(CCCOC2CNC2)o1. The van der Waals surface area contributed by atoms with Crippen LogP contribution >= 0.6 is 0 Å². The summed E-state index contributed by atoms with van der Waals surface area (Å²) in [6.07, 6.45) is 2.17. The molecule has 1 aromatic rings. The fraction of sp³-hybridized carbons (Fsp3) is 0.778. The van der Waals surface area contributed by atoms with Gasteiger partial charge >= 0.3 is 0 Å². The van der Waals surface area contributed by atoms with Gasteiger partial charge in [-0.25, -0.2) is 0 Å². The van der Waals surface area contributed by atoms with E-state index in [2.05, 4.69) is 15.5 Å². The average molecular weight is 197 g/mol. The molecule has 1 fully saturated rings. The second-order valence-corrected chi connectivity index (χ2v) is 3.47. The largest absolute Gasteiger partial charge is 0.426 e. The Bertz CT molecular complexity index is 283. The van der Waals surface area contributed by atoms with E-state index < -0.39 is 0 Å². The van der Waals surface area contributed by atoms with Gasteiger partial charge in [0.1, 0.15) is 0 Å². The van der Waals surface area contributed by atoms with Crippen molar-refractivity contribution in [2.24, 2.45) is 0 Å². The Morgan fingerprint density at radius 1 is 1.50 bits per heavy atom. The minimum Gasteiger partial charge on any atom is -0.426 e. The van der Waals surface area contributed by atoms with Gasteiger partial charge in [-0.1, -0.05) is 0 Å². The summed E-state index contributed by atoms with van der Waals surface area (Å²) < 4.78 is 10.8. The van der Waals surface area contributed by atoms with E-state index >= 15 is 0 Å². The summed E-state index contributed by atoms with van der Waals surface area (Å²) in [7, 11) is 0. The van der Waals surface area contributed by atoms with Crippen molar-refractivity contribution in [3.05, 3.63) is 11.8 Å². The lowest BCUT2D eigenvalue weighted by Gasteiger charge is -2.26. The predicted octanol–water partition coefficient (Wildman–Crippen LogP) is 0.299. The van der Waals surface area contributed by atoms with E-state index in [9.17, 15) is 0 Å². The normalized spacial score (nSPS) is 16.9. The van der Waals surface area contributed by atoms with Gasteiger partial charge in [0.25, 0.3) is 0 Å².